The van der Waals surface area contributed by atoms with Crippen LogP contribution in [0.3, 0.4) is 0 Å². The van der Waals surface area contributed by atoms with E-state index in [0.717, 1.165) is 28.5 Å². The highest BCUT2D eigenvalue weighted by Gasteiger charge is 2.31. The monoisotopic (exact) mass is 637 g/mol. The van der Waals surface area contributed by atoms with Crippen LogP contribution in [0.15, 0.2) is 72.8 Å². The molecule has 4 atom stereocenters. The van der Waals surface area contributed by atoms with E-state index in [9.17, 15) is 14.4 Å². The molecule has 0 aromatic heterocycles. The van der Waals surface area contributed by atoms with E-state index in [1.165, 1.54) is 12.7 Å². The molecule has 9 heteroatoms. The lowest BCUT2D eigenvalue weighted by molar-refractivity contribution is -0.145. The molecule has 3 aromatic rings. The van der Waals surface area contributed by atoms with Crippen LogP contribution in [-0.2, 0) is 31.4 Å². The SMILES string of the molecule is CC[C@H](C)[C@@H](CN(CC(=O)N[C@@H](CCSC)C(=O)OC)Cc1cccc2ccccc12)C(=O)[C@H](N)CSCc1ccccc1. The third-order valence-electron chi connectivity index (χ3n) is 8.00. The number of benzene rings is 3. The summed E-state index contributed by atoms with van der Waals surface area (Å²) in [6, 6.07) is 23.1. The van der Waals surface area contributed by atoms with Gasteiger partial charge >= 0.3 is 5.97 Å². The van der Waals surface area contributed by atoms with Crippen LogP contribution in [0.2, 0.25) is 0 Å². The van der Waals surface area contributed by atoms with Gasteiger partial charge in [0, 0.05) is 30.5 Å². The van der Waals surface area contributed by atoms with Gasteiger partial charge in [-0.2, -0.15) is 23.5 Å². The summed E-state index contributed by atoms with van der Waals surface area (Å²) in [6.45, 7) is 5.05. The number of nitrogens with zero attached hydrogens (tertiary/aromatic N) is 1. The van der Waals surface area contributed by atoms with E-state index >= 15 is 0 Å². The number of nitrogens with two attached hydrogens (primary N) is 1. The van der Waals surface area contributed by atoms with Crippen LogP contribution in [0, 0.1) is 11.8 Å². The first-order valence-electron chi connectivity index (χ1n) is 15.2. The van der Waals surface area contributed by atoms with Crippen molar-refractivity contribution in [3.63, 3.8) is 0 Å². The molecule has 3 rings (SSSR count). The molecular weight excluding hydrogens is 591 g/mol. The van der Waals surface area contributed by atoms with Gasteiger partial charge in [0.25, 0.3) is 0 Å². The second-order valence-electron chi connectivity index (χ2n) is 11.2. The van der Waals surface area contributed by atoms with Crippen molar-refractivity contribution in [1.29, 1.82) is 0 Å². The van der Waals surface area contributed by atoms with Gasteiger partial charge in [-0.1, -0.05) is 93.1 Å². The zero-order valence-corrected chi connectivity index (χ0v) is 28.0. The molecule has 0 bridgehead atoms. The number of methoxy groups -OCH3 is 1. The smallest absolute Gasteiger partial charge is 0.328 e. The molecule has 7 nitrogen and oxygen atoms in total. The standard InChI is InChI=1S/C35H47N3O4S2/c1-5-25(2)30(34(40)31(36)24-44-23-26-12-7-6-8-13-26)21-38(20-28-16-11-15-27-14-9-10-17-29(27)28)22-33(39)37-32(18-19-43-4)35(41)42-3/h6-17,25,30-32H,5,18-24,36H2,1-4H3,(H,37,39)/t25-,30+,31+,32-/m0/s1. The fourth-order valence-corrected chi connectivity index (χ4v) is 6.71. The summed E-state index contributed by atoms with van der Waals surface area (Å²) >= 11 is 3.27. The van der Waals surface area contributed by atoms with Crippen molar-refractivity contribution in [2.75, 3.05) is 38.0 Å². The quantitative estimate of drug-likeness (QED) is 0.165. The summed E-state index contributed by atoms with van der Waals surface area (Å²) in [5, 5.41) is 5.11. The number of Topliss-reactive ketones (excluding diaryl/α,β-unsaturated/α-hetero) is 1. The number of thioether (sulfide) groups is 2. The molecule has 0 spiro atoms. The highest BCUT2D eigenvalue weighted by Crippen LogP contribution is 2.24. The average molecular weight is 638 g/mol. The molecule has 0 fully saturated rings. The number of ether oxygens (including phenoxy) is 1. The molecule has 0 heterocycles. The largest absolute Gasteiger partial charge is 0.467 e. The van der Waals surface area contributed by atoms with Gasteiger partial charge in [0.15, 0.2) is 5.78 Å². The van der Waals surface area contributed by atoms with Gasteiger partial charge in [-0.05, 0) is 46.2 Å². The van der Waals surface area contributed by atoms with E-state index in [0.29, 0.717) is 31.0 Å². The van der Waals surface area contributed by atoms with Crippen molar-refractivity contribution in [2.45, 2.75) is 51.1 Å². The molecule has 0 aliphatic rings. The van der Waals surface area contributed by atoms with Crippen molar-refractivity contribution in [3.8, 4) is 0 Å². The van der Waals surface area contributed by atoms with Crippen LogP contribution in [0.1, 0.15) is 37.8 Å². The molecule has 44 heavy (non-hydrogen) atoms. The lowest BCUT2D eigenvalue weighted by Crippen LogP contribution is -2.49. The van der Waals surface area contributed by atoms with Gasteiger partial charge in [-0.15, -0.1) is 0 Å². The third kappa shape index (κ3) is 10.9. The Morgan fingerprint density at radius 2 is 1.70 bits per heavy atom. The van der Waals surface area contributed by atoms with E-state index in [1.54, 1.807) is 23.5 Å². The summed E-state index contributed by atoms with van der Waals surface area (Å²) < 4.78 is 4.95. The number of nitrogens with one attached hydrogen (secondary N) is 1. The number of ketones is 1. The minimum Gasteiger partial charge on any atom is -0.467 e. The number of amides is 1. The first kappa shape index (κ1) is 35.6. The zero-order chi connectivity index (χ0) is 31.9. The highest BCUT2D eigenvalue weighted by molar-refractivity contribution is 7.98. The van der Waals surface area contributed by atoms with E-state index in [-0.39, 0.29) is 30.1 Å². The van der Waals surface area contributed by atoms with Gasteiger partial charge in [-0.25, -0.2) is 4.79 Å². The van der Waals surface area contributed by atoms with E-state index in [4.69, 9.17) is 10.5 Å². The van der Waals surface area contributed by atoms with Crippen molar-refractivity contribution in [1.82, 2.24) is 10.2 Å². The lowest BCUT2D eigenvalue weighted by atomic mass is 9.85. The maximum absolute atomic E-state index is 13.9. The number of fused-ring (bicyclic) bond motifs is 1. The maximum atomic E-state index is 13.9. The Morgan fingerprint density at radius 1 is 1.00 bits per heavy atom. The molecule has 0 unspecified atom stereocenters. The van der Waals surface area contributed by atoms with Crippen LogP contribution < -0.4 is 11.1 Å². The summed E-state index contributed by atoms with van der Waals surface area (Å²) in [5.41, 5.74) is 8.79. The Bertz CT molecular complexity index is 1330. The summed E-state index contributed by atoms with van der Waals surface area (Å²) in [5.74, 6) is 1.06. The maximum Gasteiger partial charge on any atom is 0.328 e. The Hall–Kier alpha value is -2.85. The third-order valence-corrected chi connectivity index (χ3v) is 9.77. The molecule has 0 aliphatic carbocycles. The molecule has 0 saturated heterocycles. The number of carbonyl (C=O) groups excluding carboxylic acids is 3. The first-order chi connectivity index (χ1) is 21.3. The van der Waals surface area contributed by atoms with Crippen LogP contribution in [0.25, 0.3) is 10.8 Å². The van der Waals surface area contributed by atoms with Crippen LogP contribution in [0.5, 0.6) is 0 Å². The minimum absolute atomic E-state index is 0.0237. The van der Waals surface area contributed by atoms with Crippen LogP contribution in [0.4, 0.5) is 0 Å². The second kappa shape index (κ2) is 18.8. The fraction of sp³-hybridized carbons (Fsp3) is 0.457. The van der Waals surface area contributed by atoms with Gasteiger partial charge in [0.2, 0.25) is 5.91 Å². The highest BCUT2D eigenvalue weighted by atomic mass is 32.2. The molecule has 0 saturated carbocycles. The Labute approximate surface area is 271 Å². The zero-order valence-electron chi connectivity index (χ0n) is 26.4. The molecule has 3 N–H and O–H groups in total. The number of carbonyl (C=O) groups is 3. The first-order valence-corrected chi connectivity index (χ1v) is 17.8. The van der Waals surface area contributed by atoms with Crippen LogP contribution in [-0.4, -0.2) is 72.6 Å². The molecule has 3 aromatic carbocycles. The fourth-order valence-electron chi connectivity index (χ4n) is 5.27. The molecule has 0 aliphatic heterocycles. The number of esters is 1. The van der Waals surface area contributed by atoms with Crippen molar-refractivity contribution in [3.05, 3.63) is 83.9 Å². The van der Waals surface area contributed by atoms with Crippen molar-refractivity contribution < 1.29 is 19.1 Å². The minimum atomic E-state index is -0.721. The number of hydrogen-bond acceptors (Lipinski definition) is 8. The van der Waals surface area contributed by atoms with Gasteiger partial charge in [-0.3, -0.25) is 14.5 Å². The normalized spacial score (nSPS) is 14.1. The molecule has 0 radical (unpaired) electrons. The van der Waals surface area contributed by atoms with Crippen molar-refractivity contribution in [2.24, 2.45) is 17.6 Å². The average Bonchev–Trinajstić information content (AvgIpc) is 3.04. The number of hydrogen-bond donors (Lipinski definition) is 2. The van der Waals surface area contributed by atoms with Crippen molar-refractivity contribution >= 4 is 52.0 Å². The Kier molecular flexibility index (Phi) is 15.3. The predicted molar refractivity (Wildman–Crippen MR) is 185 cm³/mol. The molecule has 1 amide bonds. The van der Waals surface area contributed by atoms with Crippen LogP contribution >= 0.6 is 23.5 Å². The van der Waals surface area contributed by atoms with E-state index < -0.39 is 18.1 Å². The second-order valence-corrected chi connectivity index (χ2v) is 13.3. The Balaban J connectivity index is 1.81. The topological polar surface area (TPSA) is 102 Å². The summed E-state index contributed by atoms with van der Waals surface area (Å²) in [6.07, 6.45) is 3.25. The van der Waals surface area contributed by atoms with E-state index in [2.05, 4.69) is 55.6 Å². The Morgan fingerprint density at radius 3 is 2.41 bits per heavy atom. The summed E-state index contributed by atoms with van der Waals surface area (Å²) in [7, 11) is 1.33. The lowest BCUT2D eigenvalue weighted by Gasteiger charge is -2.31. The number of rotatable bonds is 19. The molecule has 238 valence electrons. The van der Waals surface area contributed by atoms with Gasteiger partial charge < -0.3 is 15.8 Å². The van der Waals surface area contributed by atoms with E-state index in [1.807, 2.05) is 47.6 Å². The summed E-state index contributed by atoms with van der Waals surface area (Å²) in [4.78, 5) is 41.7. The van der Waals surface area contributed by atoms with Gasteiger partial charge in [0.1, 0.15) is 6.04 Å². The van der Waals surface area contributed by atoms with Gasteiger partial charge in [0.05, 0.1) is 19.7 Å². The molecular formula is C35H47N3O4S2. The predicted octanol–water partition coefficient (Wildman–Crippen LogP) is 5.54.